The van der Waals surface area contributed by atoms with Crippen molar-refractivity contribution in [3.8, 4) is 10.6 Å². The SMILES string of the molecule is CC1(C)CNC(=O)c2sc(-c3ccncc3)nc2C1. The van der Waals surface area contributed by atoms with Crippen molar-refractivity contribution in [2.45, 2.75) is 20.3 Å². The third kappa shape index (κ3) is 2.38. The molecule has 3 heterocycles. The van der Waals surface area contributed by atoms with Gasteiger partial charge in [0.2, 0.25) is 0 Å². The Morgan fingerprint density at radius 1 is 1.32 bits per heavy atom. The van der Waals surface area contributed by atoms with Gasteiger partial charge in [-0.2, -0.15) is 0 Å². The smallest absolute Gasteiger partial charge is 0.263 e. The highest BCUT2D eigenvalue weighted by atomic mass is 32.1. The summed E-state index contributed by atoms with van der Waals surface area (Å²) < 4.78 is 0. The van der Waals surface area contributed by atoms with Crippen molar-refractivity contribution in [1.29, 1.82) is 0 Å². The van der Waals surface area contributed by atoms with Crippen molar-refractivity contribution in [2.75, 3.05) is 6.54 Å². The highest BCUT2D eigenvalue weighted by Crippen LogP contribution is 2.33. The molecule has 0 saturated heterocycles. The largest absolute Gasteiger partial charge is 0.351 e. The number of aromatic nitrogens is 2. The first kappa shape index (κ1) is 12.3. The summed E-state index contributed by atoms with van der Waals surface area (Å²) in [4.78, 5) is 21.5. The predicted molar refractivity (Wildman–Crippen MR) is 75.2 cm³/mol. The molecule has 2 aromatic rings. The van der Waals surface area contributed by atoms with Crippen LogP contribution in [0.25, 0.3) is 10.6 Å². The summed E-state index contributed by atoms with van der Waals surface area (Å²) in [5.41, 5.74) is 1.97. The van der Waals surface area contributed by atoms with E-state index in [9.17, 15) is 4.79 Å². The maximum absolute atomic E-state index is 12.1. The van der Waals surface area contributed by atoms with E-state index in [0.717, 1.165) is 27.6 Å². The van der Waals surface area contributed by atoms with Gasteiger partial charge in [0, 0.05) is 24.5 Å². The Morgan fingerprint density at radius 2 is 2.05 bits per heavy atom. The molecule has 0 spiro atoms. The summed E-state index contributed by atoms with van der Waals surface area (Å²) in [6.45, 7) is 4.99. The lowest BCUT2D eigenvalue weighted by molar-refractivity contribution is 0.0948. The number of carbonyl (C=O) groups excluding carboxylic acids is 1. The Bertz CT molecular complexity index is 619. The highest BCUT2D eigenvalue weighted by molar-refractivity contribution is 7.17. The van der Waals surface area contributed by atoms with Gasteiger partial charge < -0.3 is 5.32 Å². The molecule has 4 nitrogen and oxygen atoms in total. The molecule has 0 unspecified atom stereocenters. The van der Waals surface area contributed by atoms with E-state index in [4.69, 9.17) is 0 Å². The molecule has 1 aliphatic rings. The van der Waals surface area contributed by atoms with Crippen LogP contribution in [0.5, 0.6) is 0 Å². The van der Waals surface area contributed by atoms with Gasteiger partial charge in [0.15, 0.2) is 0 Å². The van der Waals surface area contributed by atoms with Crippen LogP contribution in [-0.4, -0.2) is 22.4 Å². The lowest BCUT2D eigenvalue weighted by Crippen LogP contribution is -2.31. The Balaban J connectivity index is 2.05. The summed E-state index contributed by atoms with van der Waals surface area (Å²) in [5, 5.41) is 3.86. The molecule has 5 heteroatoms. The fourth-order valence-electron chi connectivity index (χ4n) is 2.18. The van der Waals surface area contributed by atoms with Gasteiger partial charge in [-0.1, -0.05) is 13.8 Å². The average molecular weight is 273 g/mol. The van der Waals surface area contributed by atoms with Gasteiger partial charge in [-0.05, 0) is 24.0 Å². The minimum Gasteiger partial charge on any atom is -0.351 e. The van der Waals surface area contributed by atoms with Crippen LogP contribution in [0, 0.1) is 5.41 Å². The molecule has 19 heavy (non-hydrogen) atoms. The van der Waals surface area contributed by atoms with Gasteiger partial charge in [0.25, 0.3) is 5.91 Å². The number of fused-ring (bicyclic) bond motifs is 1. The fraction of sp³-hybridized carbons (Fsp3) is 0.357. The molecule has 0 aliphatic carbocycles. The summed E-state index contributed by atoms with van der Waals surface area (Å²) in [5.74, 6) is -0.00150. The van der Waals surface area contributed by atoms with E-state index < -0.39 is 0 Å². The maximum Gasteiger partial charge on any atom is 0.263 e. The maximum atomic E-state index is 12.1. The van der Waals surface area contributed by atoms with Crippen LogP contribution >= 0.6 is 11.3 Å². The van der Waals surface area contributed by atoms with Crippen LogP contribution in [0.4, 0.5) is 0 Å². The number of thiazole rings is 1. The summed E-state index contributed by atoms with van der Waals surface area (Å²) >= 11 is 1.46. The van der Waals surface area contributed by atoms with Crippen LogP contribution in [0.1, 0.15) is 29.2 Å². The van der Waals surface area contributed by atoms with E-state index >= 15 is 0 Å². The van der Waals surface area contributed by atoms with E-state index in [0.29, 0.717) is 6.54 Å². The Kier molecular flexibility index (Phi) is 2.86. The molecule has 3 rings (SSSR count). The lowest BCUT2D eigenvalue weighted by Gasteiger charge is -2.21. The second kappa shape index (κ2) is 4.42. The molecule has 1 N–H and O–H groups in total. The molecule has 98 valence electrons. The van der Waals surface area contributed by atoms with Gasteiger partial charge >= 0.3 is 0 Å². The number of carbonyl (C=O) groups is 1. The molecule has 0 atom stereocenters. The van der Waals surface area contributed by atoms with Crippen LogP contribution in [-0.2, 0) is 6.42 Å². The monoisotopic (exact) mass is 273 g/mol. The van der Waals surface area contributed by atoms with Crippen molar-refractivity contribution in [3.05, 3.63) is 35.1 Å². The van der Waals surface area contributed by atoms with Gasteiger partial charge in [0.05, 0.1) is 5.69 Å². The van der Waals surface area contributed by atoms with Crippen LogP contribution in [0.2, 0.25) is 0 Å². The first-order chi connectivity index (χ1) is 9.05. The van der Waals surface area contributed by atoms with Gasteiger partial charge in [-0.3, -0.25) is 9.78 Å². The number of nitrogens with one attached hydrogen (secondary N) is 1. The van der Waals surface area contributed by atoms with Crippen molar-refractivity contribution in [2.24, 2.45) is 5.41 Å². The zero-order valence-electron chi connectivity index (χ0n) is 10.9. The van der Waals surface area contributed by atoms with Gasteiger partial charge in [-0.15, -0.1) is 11.3 Å². The molecular weight excluding hydrogens is 258 g/mol. The van der Waals surface area contributed by atoms with Crippen LogP contribution in [0.15, 0.2) is 24.5 Å². The summed E-state index contributed by atoms with van der Waals surface area (Å²) in [6, 6.07) is 3.84. The van der Waals surface area contributed by atoms with Gasteiger partial charge in [-0.25, -0.2) is 4.98 Å². The standard InChI is InChI=1S/C14H15N3OS/c1-14(2)7-10-11(12(18)16-8-14)19-13(17-10)9-3-5-15-6-4-9/h3-6H,7-8H2,1-2H3,(H,16,18). The second-order valence-corrected chi connectivity index (χ2v) is 6.55. The molecule has 1 amide bonds. The molecule has 0 bridgehead atoms. The third-order valence-corrected chi connectivity index (χ3v) is 4.35. The van der Waals surface area contributed by atoms with E-state index in [1.165, 1.54) is 11.3 Å². The van der Waals surface area contributed by atoms with Crippen molar-refractivity contribution in [3.63, 3.8) is 0 Å². The minimum atomic E-state index is -0.00150. The van der Waals surface area contributed by atoms with Crippen molar-refractivity contribution < 1.29 is 4.79 Å². The van der Waals surface area contributed by atoms with E-state index in [-0.39, 0.29) is 11.3 Å². The minimum absolute atomic E-state index is 0.00150. The first-order valence-corrected chi connectivity index (χ1v) is 7.05. The van der Waals surface area contributed by atoms with E-state index in [1.807, 2.05) is 12.1 Å². The van der Waals surface area contributed by atoms with Crippen molar-refractivity contribution in [1.82, 2.24) is 15.3 Å². The van der Waals surface area contributed by atoms with E-state index in [1.54, 1.807) is 12.4 Å². The molecule has 1 aliphatic heterocycles. The molecular formula is C14H15N3OS. The first-order valence-electron chi connectivity index (χ1n) is 6.23. The second-order valence-electron chi connectivity index (χ2n) is 5.55. The van der Waals surface area contributed by atoms with Crippen LogP contribution < -0.4 is 5.32 Å². The Labute approximate surface area is 115 Å². The Hall–Kier alpha value is -1.75. The van der Waals surface area contributed by atoms with E-state index in [2.05, 4.69) is 29.1 Å². The molecule has 0 saturated carbocycles. The van der Waals surface area contributed by atoms with Crippen molar-refractivity contribution >= 4 is 17.2 Å². The zero-order chi connectivity index (χ0) is 13.5. The van der Waals surface area contributed by atoms with Gasteiger partial charge in [0.1, 0.15) is 9.88 Å². The lowest BCUT2D eigenvalue weighted by atomic mass is 9.88. The molecule has 0 radical (unpaired) electrons. The Morgan fingerprint density at radius 3 is 2.79 bits per heavy atom. The number of rotatable bonds is 1. The number of amides is 1. The topological polar surface area (TPSA) is 54.9 Å². The fourth-order valence-corrected chi connectivity index (χ4v) is 3.19. The average Bonchev–Trinajstić information content (AvgIpc) is 2.76. The molecule has 0 fully saturated rings. The number of pyridine rings is 1. The number of hydrogen-bond donors (Lipinski definition) is 1. The highest BCUT2D eigenvalue weighted by Gasteiger charge is 2.30. The summed E-state index contributed by atoms with van der Waals surface area (Å²) in [6.07, 6.45) is 4.31. The molecule has 0 aromatic carbocycles. The third-order valence-electron chi connectivity index (χ3n) is 3.20. The number of hydrogen-bond acceptors (Lipinski definition) is 4. The molecule has 2 aromatic heterocycles. The quantitative estimate of drug-likeness (QED) is 0.868. The summed E-state index contributed by atoms with van der Waals surface area (Å²) in [7, 11) is 0. The zero-order valence-corrected chi connectivity index (χ0v) is 11.8. The predicted octanol–water partition coefficient (Wildman–Crippen LogP) is 2.52. The van der Waals surface area contributed by atoms with Crippen LogP contribution in [0.3, 0.4) is 0 Å². The normalized spacial score (nSPS) is 17.5. The number of nitrogens with zero attached hydrogens (tertiary/aromatic N) is 2.